The molecular formula is C10H10N4OS2. The van der Waals surface area contributed by atoms with E-state index in [1.165, 1.54) is 28.9 Å². The van der Waals surface area contributed by atoms with E-state index >= 15 is 0 Å². The van der Waals surface area contributed by atoms with Gasteiger partial charge in [0.25, 0.3) is 0 Å². The molecule has 2 aromatic rings. The van der Waals surface area contributed by atoms with Crippen LogP contribution in [0.25, 0.3) is 4.85 Å². The predicted octanol–water partition coefficient (Wildman–Crippen LogP) is 3.26. The highest BCUT2D eigenvalue weighted by Crippen LogP contribution is 2.16. The molecule has 0 atom stereocenters. The van der Waals surface area contributed by atoms with Gasteiger partial charge in [0.2, 0.25) is 0 Å². The van der Waals surface area contributed by atoms with Crippen LogP contribution in [0.2, 0.25) is 0 Å². The van der Waals surface area contributed by atoms with Crippen LogP contribution in [0.5, 0.6) is 0 Å². The monoisotopic (exact) mass is 266 g/mol. The molecule has 0 saturated heterocycles. The first-order chi connectivity index (χ1) is 8.15. The number of aryl methyl sites for hydroxylation is 2. The van der Waals surface area contributed by atoms with Gasteiger partial charge in [0.05, 0.1) is 0 Å². The molecule has 1 N–H and O–H groups in total. The van der Waals surface area contributed by atoms with E-state index < -0.39 is 0 Å². The van der Waals surface area contributed by atoms with Crippen LogP contribution in [-0.2, 0) is 0 Å². The first-order valence-corrected chi connectivity index (χ1v) is 6.30. The summed E-state index contributed by atoms with van der Waals surface area (Å²) >= 11 is 2.84. The molecule has 0 unspecified atom stereocenters. The van der Waals surface area contributed by atoms with E-state index in [1.54, 1.807) is 0 Å². The number of oxime groups is 1. The number of hydrogen-bond donors (Lipinski definition) is 1. The molecule has 17 heavy (non-hydrogen) atoms. The summed E-state index contributed by atoms with van der Waals surface area (Å²) in [5, 5.41) is 15.9. The fourth-order valence-electron chi connectivity index (χ4n) is 0.874. The molecule has 2 aromatic heterocycles. The lowest BCUT2D eigenvalue weighted by atomic mass is 10.6. The second-order valence-electron chi connectivity index (χ2n) is 2.95. The van der Waals surface area contributed by atoms with E-state index in [4.69, 9.17) is 11.8 Å². The van der Waals surface area contributed by atoms with Crippen molar-refractivity contribution < 1.29 is 5.21 Å². The van der Waals surface area contributed by atoms with Gasteiger partial charge in [0, 0.05) is 23.4 Å². The molecule has 0 spiro atoms. The van der Waals surface area contributed by atoms with Gasteiger partial charge in [-0.25, -0.2) is 4.98 Å². The largest absolute Gasteiger partial charge is 0.411 e. The van der Waals surface area contributed by atoms with Gasteiger partial charge in [0.1, 0.15) is 16.9 Å². The molecule has 2 rings (SSSR count). The Hall–Kier alpha value is -1.78. The molecule has 0 radical (unpaired) electrons. The summed E-state index contributed by atoms with van der Waals surface area (Å²) in [4.78, 5) is 11.1. The van der Waals surface area contributed by atoms with E-state index in [1.807, 2.05) is 24.6 Å². The summed E-state index contributed by atoms with van der Waals surface area (Å²) in [5.41, 5.74) is 1.89. The third-order valence-corrected chi connectivity index (χ3v) is 3.26. The summed E-state index contributed by atoms with van der Waals surface area (Å²) in [6.45, 7) is 10.3. The van der Waals surface area contributed by atoms with Crippen LogP contribution >= 0.6 is 22.7 Å². The zero-order valence-corrected chi connectivity index (χ0v) is 10.9. The van der Waals surface area contributed by atoms with Crippen LogP contribution in [0.4, 0.5) is 5.13 Å². The highest BCUT2D eigenvalue weighted by Gasteiger charge is 1.95. The second kappa shape index (κ2) is 6.73. The molecule has 2 heterocycles. The molecule has 0 saturated carbocycles. The Morgan fingerprint density at radius 3 is 2.29 bits per heavy atom. The number of rotatable bonds is 1. The van der Waals surface area contributed by atoms with Crippen LogP contribution in [0.15, 0.2) is 15.9 Å². The second-order valence-corrected chi connectivity index (χ2v) is 4.68. The molecule has 0 aliphatic rings. The highest BCUT2D eigenvalue weighted by molar-refractivity contribution is 7.13. The Morgan fingerprint density at radius 2 is 1.94 bits per heavy atom. The van der Waals surface area contributed by atoms with Gasteiger partial charge in [-0.3, -0.25) is 0 Å². The summed E-state index contributed by atoms with van der Waals surface area (Å²) in [6.07, 6.45) is 1.32. The Balaban J connectivity index is 0.000000171. The first-order valence-electron chi connectivity index (χ1n) is 4.55. The molecule has 0 bridgehead atoms. The topological polar surface area (TPSA) is 62.7 Å². The van der Waals surface area contributed by atoms with Gasteiger partial charge in [-0.1, -0.05) is 11.7 Å². The average Bonchev–Trinajstić information content (AvgIpc) is 2.89. The van der Waals surface area contributed by atoms with Crippen molar-refractivity contribution in [2.75, 3.05) is 0 Å². The summed E-state index contributed by atoms with van der Waals surface area (Å²) in [7, 11) is 0. The van der Waals surface area contributed by atoms with E-state index in [0.717, 1.165) is 16.4 Å². The van der Waals surface area contributed by atoms with Crippen molar-refractivity contribution in [2.24, 2.45) is 5.16 Å². The fourth-order valence-corrected chi connectivity index (χ4v) is 2.10. The number of hydrogen-bond acceptors (Lipinski definition) is 6. The van der Waals surface area contributed by atoms with Gasteiger partial charge < -0.3 is 10.1 Å². The van der Waals surface area contributed by atoms with Crippen LogP contribution in [-0.4, -0.2) is 21.4 Å². The molecule has 0 aliphatic carbocycles. The maximum Gasteiger partial charge on any atom is 0.329 e. The Morgan fingerprint density at radius 1 is 1.29 bits per heavy atom. The minimum atomic E-state index is 0.530. The lowest BCUT2D eigenvalue weighted by molar-refractivity contribution is 0.322. The minimum Gasteiger partial charge on any atom is -0.411 e. The van der Waals surface area contributed by atoms with Gasteiger partial charge in [-0.2, -0.15) is 0 Å². The minimum absolute atomic E-state index is 0.530. The van der Waals surface area contributed by atoms with Crippen molar-refractivity contribution in [3.05, 3.63) is 38.6 Å². The zero-order chi connectivity index (χ0) is 12.7. The van der Waals surface area contributed by atoms with Gasteiger partial charge in [-0.15, -0.1) is 27.7 Å². The molecule has 0 aliphatic heterocycles. The van der Waals surface area contributed by atoms with Gasteiger partial charge in [-0.05, 0) is 6.92 Å². The molecule has 88 valence electrons. The molecular weight excluding hydrogens is 256 g/mol. The number of nitrogens with zero attached hydrogens (tertiary/aromatic N) is 4. The maximum absolute atomic E-state index is 8.07. The highest BCUT2D eigenvalue weighted by atomic mass is 32.1. The van der Waals surface area contributed by atoms with Crippen LogP contribution in [0.3, 0.4) is 0 Å². The van der Waals surface area contributed by atoms with Gasteiger partial charge >= 0.3 is 5.13 Å². The average molecular weight is 266 g/mol. The lowest BCUT2D eigenvalue weighted by Gasteiger charge is -1.75. The SMILES string of the molecule is Cc1csc(C=NO)n1.[C-]#[N+]c1nc(C)cs1. The van der Waals surface area contributed by atoms with E-state index in [0.29, 0.717) is 5.13 Å². The predicted molar refractivity (Wildman–Crippen MR) is 69.3 cm³/mol. The van der Waals surface area contributed by atoms with Crippen molar-refractivity contribution >= 4 is 34.0 Å². The maximum atomic E-state index is 8.07. The molecule has 0 aromatic carbocycles. The zero-order valence-electron chi connectivity index (χ0n) is 9.28. The summed E-state index contributed by atoms with van der Waals surface area (Å²) < 4.78 is 0. The normalized spacial score (nSPS) is 9.71. The van der Waals surface area contributed by atoms with E-state index in [2.05, 4.69) is 20.0 Å². The smallest absolute Gasteiger partial charge is 0.329 e. The van der Waals surface area contributed by atoms with E-state index in [-0.39, 0.29) is 0 Å². The van der Waals surface area contributed by atoms with Crippen molar-refractivity contribution in [2.45, 2.75) is 13.8 Å². The van der Waals surface area contributed by atoms with E-state index in [9.17, 15) is 0 Å². The lowest BCUT2D eigenvalue weighted by Crippen LogP contribution is -1.77. The van der Waals surface area contributed by atoms with Crippen molar-refractivity contribution in [3.63, 3.8) is 0 Å². The van der Waals surface area contributed by atoms with Crippen LogP contribution < -0.4 is 0 Å². The third-order valence-electron chi connectivity index (χ3n) is 1.51. The molecule has 0 fully saturated rings. The Labute approximate surface area is 107 Å². The Kier molecular flexibility index (Phi) is 5.26. The van der Waals surface area contributed by atoms with Crippen molar-refractivity contribution in [3.8, 4) is 0 Å². The molecule has 0 amide bonds. The standard InChI is InChI=1S/C5H6N2OS.C5H4N2S/c1-4-3-9-5(7-4)2-6-8;1-4-3-8-5(6-2)7-4/h2-3,8H,1H3;3H,1H3. The molecule has 7 heteroatoms. The van der Waals surface area contributed by atoms with Crippen LogP contribution in [0.1, 0.15) is 16.4 Å². The third kappa shape index (κ3) is 4.72. The summed E-state index contributed by atoms with van der Waals surface area (Å²) in [6, 6.07) is 0. The van der Waals surface area contributed by atoms with Gasteiger partial charge in [0.15, 0.2) is 0 Å². The number of aromatic nitrogens is 2. The quantitative estimate of drug-likeness (QED) is 0.373. The Bertz CT molecular complexity index is 538. The summed E-state index contributed by atoms with van der Waals surface area (Å²) in [5.74, 6) is 0. The van der Waals surface area contributed by atoms with Crippen LogP contribution in [0, 0.1) is 20.4 Å². The first kappa shape index (κ1) is 13.3. The molecule has 5 nitrogen and oxygen atoms in total. The number of thiazole rings is 2. The van der Waals surface area contributed by atoms with Crippen molar-refractivity contribution in [1.29, 1.82) is 0 Å². The van der Waals surface area contributed by atoms with Crippen molar-refractivity contribution in [1.82, 2.24) is 9.97 Å². The fraction of sp³-hybridized carbons (Fsp3) is 0.200.